The molecule has 1 amide bonds. The maximum absolute atomic E-state index is 11.8. The predicted molar refractivity (Wildman–Crippen MR) is 72.3 cm³/mol. The molecule has 0 bridgehead atoms. The molecule has 4 nitrogen and oxygen atoms in total. The van der Waals surface area contributed by atoms with Crippen molar-refractivity contribution in [3.8, 4) is 0 Å². The van der Waals surface area contributed by atoms with Crippen LogP contribution in [0.15, 0.2) is 24.3 Å². The lowest BCUT2D eigenvalue weighted by molar-refractivity contribution is -0.148. The number of nitrogens with zero attached hydrogens (tertiary/aromatic N) is 1. The molecule has 1 aliphatic rings. The molecule has 1 saturated heterocycles. The number of aliphatic carboxylic acids is 1. The highest BCUT2D eigenvalue weighted by atomic mass is 35.5. The van der Waals surface area contributed by atoms with E-state index in [1.54, 1.807) is 0 Å². The van der Waals surface area contributed by atoms with E-state index in [1.165, 1.54) is 4.90 Å². The Labute approximate surface area is 117 Å². The molecule has 0 aliphatic carbocycles. The molecule has 1 aromatic carbocycles. The zero-order valence-electron chi connectivity index (χ0n) is 10.7. The van der Waals surface area contributed by atoms with E-state index in [0.29, 0.717) is 13.0 Å². The smallest absolute Gasteiger partial charge is 0.326 e. The average molecular weight is 282 g/mol. The number of carboxylic acids is 1. The fraction of sp³-hybridized carbons (Fsp3) is 0.429. The van der Waals surface area contributed by atoms with E-state index >= 15 is 0 Å². The molecule has 1 unspecified atom stereocenters. The highest BCUT2D eigenvalue weighted by Gasteiger charge is 2.36. The first kappa shape index (κ1) is 13.9. The number of carbonyl (C=O) groups is 2. The SMILES string of the molecule is Cc1ccc(C[C@@H](C(=O)O)N2CC(Cl)CC2=O)cc1. The monoisotopic (exact) mass is 281 g/mol. The largest absolute Gasteiger partial charge is 0.480 e. The second-order valence-electron chi connectivity index (χ2n) is 4.89. The minimum atomic E-state index is -0.986. The Morgan fingerprint density at radius 2 is 2.11 bits per heavy atom. The molecular formula is C14H16ClNO3. The molecule has 19 heavy (non-hydrogen) atoms. The quantitative estimate of drug-likeness (QED) is 0.857. The molecule has 1 aromatic rings. The molecule has 5 heteroatoms. The van der Waals surface area contributed by atoms with Crippen LogP contribution in [0.5, 0.6) is 0 Å². The predicted octanol–water partition coefficient (Wildman–Crippen LogP) is 1.83. The Morgan fingerprint density at radius 1 is 1.47 bits per heavy atom. The van der Waals surface area contributed by atoms with E-state index in [9.17, 15) is 14.7 Å². The molecule has 102 valence electrons. The van der Waals surface area contributed by atoms with Gasteiger partial charge in [0, 0.05) is 19.4 Å². The average Bonchev–Trinajstić information content (AvgIpc) is 2.67. The highest BCUT2D eigenvalue weighted by molar-refractivity contribution is 6.22. The molecule has 0 aromatic heterocycles. The van der Waals surface area contributed by atoms with Gasteiger partial charge in [0.2, 0.25) is 5.91 Å². The van der Waals surface area contributed by atoms with Crippen molar-refractivity contribution in [3.05, 3.63) is 35.4 Å². The standard InChI is InChI=1S/C14H16ClNO3/c1-9-2-4-10(5-3-9)6-12(14(18)19)16-8-11(15)7-13(16)17/h2-5,11-12H,6-8H2,1H3,(H,18,19)/t11?,12-/m0/s1. The fourth-order valence-corrected chi connectivity index (χ4v) is 2.55. The summed E-state index contributed by atoms with van der Waals surface area (Å²) >= 11 is 5.92. The number of hydrogen-bond donors (Lipinski definition) is 1. The van der Waals surface area contributed by atoms with Crippen molar-refractivity contribution in [2.75, 3.05) is 6.54 Å². The molecule has 0 saturated carbocycles. The number of amides is 1. The second kappa shape index (κ2) is 5.61. The van der Waals surface area contributed by atoms with Gasteiger partial charge >= 0.3 is 5.97 Å². The number of halogens is 1. The molecular weight excluding hydrogens is 266 g/mol. The minimum absolute atomic E-state index is 0.181. The van der Waals surface area contributed by atoms with Crippen LogP contribution in [0.25, 0.3) is 0 Å². The van der Waals surface area contributed by atoms with Gasteiger partial charge in [-0.05, 0) is 12.5 Å². The maximum atomic E-state index is 11.8. The lowest BCUT2D eigenvalue weighted by atomic mass is 10.0. The van der Waals surface area contributed by atoms with Crippen LogP contribution in [0.4, 0.5) is 0 Å². The van der Waals surface area contributed by atoms with Gasteiger partial charge in [0.15, 0.2) is 0 Å². The van der Waals surface area contributed by atoms with Crippen molar-refractivity contribution in [1.29, 1.82) is 0 Å². The van der Waals surface area contributed by atoms with Crippen molar-refractivity contribution < 1.29 is 14.7 Å². The molecule has 1 N–H and O–H groups in total. The maximum Gasteiger partial charge on any atom is 0.326 e. The minimum Gasteiger partial charge on any atom is -0.480 e. The van der Waals surface area contributed by atoms with Crippen LogP contribution in [0.1, 0.15) is 17.5 Å². The first-order chi connectivity index (χ1) is 8.97. The first-order valence-electron chi connectivity index (χ1n) is 6.19. The number of benzene rings is 1. The summed E-state index contributed by atoms with van der Waals surface area (Å²) in [7, 11) is 0. The van der Waals surface area contributed by atoms with E-state index in [0.717, 1.165) is 11.1 Å². The fourth-order valence-electron chi connectivity index (χ4n) is 2.27. The third-order valence-corrected chi connectivity index (χ3v) is 3.61. The third-order valence-electron chi connectivity index (χ3n) is 3.32. The first-order valence-corrected chi connectivity index (χ1v) is 6.63. The molecule has 0 spiro atoms. The van der Waals surface area contributed by atoms with Gasteiger partial charge in [0.1, 0.15) is 6.04 Å². The van der Waals surface area contributed by atoms with Crippen molar-refractivity contribution in [2.45, 2.75) is 31.2 Å². The summed E-state index contributed by atoms with van der Waals surface area (Å²) in [6.45, 7) is 2.28. The summed E-state index contributed by atoms with van der Waals surface area (Å²) in [4.78, 5) is 24.5. The van der Waals surface area contributed by atoms with Crippen LogP contribution in [-0.4, -0.2) is 39.8 Å². The number of alkyl halides is 1. The number of carboxylic acid groups (broad SMARTS) is 1. The van der Waals surface area contributed by atoms with Crippen molar-refractivity contribution in [1.82, 2.24) is 4.90 Å². The van der Waals surface area contributed by atoms with Gasteiger partial charge in [0.25, 0.3) is 0 Å². The Balaban J connectivity index is 2.15. The molecule has 1 fully saturated rings. The van der Waals surface area contributed by atoms with Crippen LogP contribution in [0.3, 0.4) is 0 Å². The van der Waals surface area contributed by atoms with Crippen LogP contribution in [-0.2, 0) is 16.0 Å². The summed E-state index contributed by atoms with van der Waals surface area (Å²) in [5.41, 5.74) is 2.03. The van der Waals surface area contributed by atoms with Crippen LogP contribution in [0, 0.1) is 6.92 Å². The summed E-state index contributed by atoms with van der Waals surface area (Å²) in [6.07, 6.45) is 0.532. The number of hydrogen-bond acceptors (Lipinski definition) is 2. The van der Waals surface area contributed by atoms with Crippen LogP contribution in [0.2, 0.25) is 0 Å². The molecule has 2 atom stereocenters. The van der Waals surface area contributed by atoms with Gasteiger partial charge in [-0.15, -0.1) is 11.6 Å². The van der Waals surface area contributed by atoms with Crippen LogP contribution >= 0.6 is 11.6 Å². The Kier molecular flexibility index (Phi) is 4.10. The number of likely N-dealkylation sites (tertiary alicyclic amines) is 1. The number of aryl methyl sites for hydroxylation is 1. The molecule has 1 heterocycles. The van der Waals surface area contributed by atoms with E-state index in [4.69, 9.17) is 11.6 Å². The number of carbonyl (C=O) groups excluding carboxylic acids is 1. The van der Waals surface area contributed by atoms with Gasteiger partial charge in [0.05, 0.1) is 5.38 Å². The Bertz CT molecular complexity index is 486. The molecule has 1 aliphatic heterocycles. The zero-order valence-corrected chi connectivity index (χ0v) is 11.4. The second-order valence-corrected chi connectivity index (χ2v) is 5.51. The highest BCUT2D eigenvalue weighted by Crippen LogP contribution is 2.21. The third kappa shape index (κ3) is 3.26. The normalized spacial score (nSPS) is 20.6. The topological polar surface area (TPSA) is 57.6 Å². The van der Waals surface area contributed by atoms with E-state index in [-0.39, 0.29) is 17.7 Å². The van der Waals surface area contributed by atoms with Crippen molar-refractivity contribution >= 4 is 23.5 Å². The number of rotatable bonds is 4. The van der Waals surface area contributed by atoms with Gasteiger partial charge < -0.3 is 10.0 Å². The van der Waals surface area contributed by atoms with Gasteiger partial charge in [-0.2, -0.15) is 0 Å². The summed E-state index contributed by atoms with van der Waals surface area (Å²) in [5.74, 6) is -1.17. The van der Waals surface area contributed by atoms with Crippen LogP contribution < -0.4 is 0 Å². The van der Waals surface area contributed by atoms with E-state index < -0.39 is 12.0 Å². The van der Waals surface area contributed by atoms with E-state index in [1.807, 2.05) is 31.2 Å². The lowest BCUT2D eigenvalue weighted by Crippen LogP contribution is -2.43. The molecule has 0 radical (unpaired) electrons. The lowest BCUT2D eigenvalue weighted by Gasteiger charge is -2.24. The van der Waals surface area contributed by atoms with Crippen molar-refractivity contribution in [2.24, 2.45) is 0 Å². The summed E-state index contributed by atoms with van der Waals surface area (Å²) in [6, 6.07) is 6.82. The summed E-state index contributed by atoms with van der Waals surface area (Å²) in [5, 5.41) is 9.03. The van der Waals surface area contributed by atoms with Gasteiger partial charge in [-0.25, -0.2) is 4.79 Å². The Hall–Kier alpha value is -1.55. The van der Waals surface area contributed by atoms with E-state index in [2.05, 4.69) is 0 Å². The summed E-state index contributed by atoms with van der Waals surface area (Å²) < 4.78 is 0. The van der Waals surface area contributed by atoms with Gasteiger partial charge in [-0.1, -0.05) is 29.8 Å². The van der Waals surface area contributed by atoms with Gasteiger partial charge in [-0.3, -0.25) is 4.79 Å². The Morgan fingerprint density at radius 3 is 2.58 bits per heavy atom. The van der Waals surface area contributed by atoms with Crippen molar-refractivity contribution in [3.63, 3.8) is 0 Å². The molecule has 2 rings (SSSR count). The zero-order chi connectivity index (χ0) is 14.0.